The second-order valence-corrected chi connectivity index (χ2v) is 4.07. The van der Waals surface area contributed by atoms with Gasteiger partial charge in [0, 0.05) is 6.20 Å². The molecule has 9 heteroatoms. The van der Waals surface area contributed by atoms with Crippen LogP contribution in [0.25, 0.3) is 5.69 Å². The Hall–Kier alpha value is -2.84. The van der Waals surface area contributed by atoms with E-state index in [-0.39, 0.29) is 5.56 Å². The standard InChI is InChI=1S/C12H8F3N3O3/c13-12(14,15)8-3-6(11(20)21)1-2-9(8)18-5-7(4-17-18)10(16)19/h1-5H,(H2,16,19)(H,20,21). The van der Waals surface area contributed by atoms with Crippen LogP contribution in [0.5, 0.6) is 0 Å². The molecule has 0 unspecified atom stereocenters. The van der Waals surface area contributed by atoms with Gasteiger partial charge in [0.25, 0.3) is 5.91 Å². The van der Waals surface area contributed by atoms with Crippen molar-refractivity contribution in [3.63, 3.8) is 0 Å². The number of nitrogens with zero attached hydrogens (tertiary/aromatic N) is 2. The minimum atomic E-state index is -4.78. The number of hydrogen-bond acceptors (Lipinski definition) is 3. The van der Waals surface area contributed by atoms with Crippen molar-refractivity contribution in [2.24, 2.45) is 5.73 Å². The van der Waals surface area contributed by atoms with Crippen molar-refractivity contribution in [2.45, 2.75) is 6.18 Å². The summed E-state index contributed by atoms with van der Waals surface area (Å²) in [6, 6.07) is 2.48. The molecule has 1 aromatic carbocycles. The molecular weight excluding hydrogens is 291 g/mol. The molecule has 3 N–H and O–H groups in total. The zero-order valence-corrected chi connectivity index (χ0v) is 10.3. The summed E-state index contributed by atoms with van der Waals surface area (Å²) in [5.41, 5.74) is 2.85. The molecule has 1 amide bonds. The lowest BCUT2D eigenvalue weighted by atomic mass is 10.1. The SMILES string of the molecule is NC(=O)c1cnn(-c2ccc(C(=O)O)cc2C(F)(F)F)c1. The molecule has 0 spiro atoms. The maximum atomic E-state index is 13.0. The lowest BCUT2D eigenvalue weighted by Crippen LogP contribution is -2.13. The highest BCUT2D eigenvalue weighted by molar-refractivity contribution is 5.92. The molecule has 1 aromatic heterocycles. The first kappa shape index (κ1) is 14.6. The van der Waals surface area contributed by atoms with Gasteiger partial charge in [-0.3, -0.25) is 4.79 Å². The first-order valence-corrected chi connectivity index (χ1v) is 5.49. The van der Waals surface area contributed by atoms with Gasteiger partial charge < -0.3 is 10.8 Å². The lowest BCUT2D eigenvalue weighted by molar-refractivity contribution is -0.137. The molecule has 0 radical (unpaired) electrons. The normalized spacial score (nSPS) is 11.4. The Morgan fingerprint density at radius 1 is 1.24 bits per heavy atom. The van der Waals surface area contributed by atoms with Crippen LogP contribution in [0.3, 0.4) is 0 Å². The van der Waals surface area contributed by atoms with E-state index in [1.54, 1.807) is 0 Å². The summed E-state index contributed by atoms with van der Waals surface area (Å²) in [6.07, 6.45) is -2.72. The summed E-state index contributed by atoms with van der Waals surface area (Å²) in [5.74, 6) is -2.32. The topological polar surface area (TPSA) is 98.2 Å². The summed E-state index contributed by atoms with van der Waals surface area (Å²) in [4.78, 5) is 21.7. The number of primary amides is 1. The van der Waals surface area contributed by atoms with Gasteiger partial charge in [-0.25, -0.2) is 9.48 Å². The van der Waals surface area contributed by atoms with Gasteiger partial charge in [0.05, 0.1) is 28.6 Å². The van der Waals surface area contributed by atoms with Crippen LogP contribution in [0.1, 0.15) is 26.3 Å². The quantitative estimate of drug-likeness (QED) is 0.901. The summed E-state index contributed by atoms with van der Waals surface area (Å²) in [7, 11) is 0. The van der Waals surface area contributed by atoms with Crippen LogP contribution in [0, 0.1) is 0 Å². The largest absolute Gasteiger partial charge is 0.478 e. The highest BCUT2D eigenvalue weighted by atomic mass is 19.4. The van der Waals surface area contributed by atoms with Crippen molar-refractivity contribution in [3.05, 3.63) is 47.3 Å². The lowest BCUT2D eigenvalue weighted by Gasteiger charge is -2.13. The van der Waals surface area contributed by atoms with Crippen LogP contribution >= 0.6 is 0 Å². The van der Waals surface area contributed by atoms with E-state index in [1.165, 1.54) is 0 Å². The number of carbonyl (C=O) groups is 2. The third-order valence-corrected chi connectivity index (χ3v) is 2.66. The molecule has 0 atom stereocenters. The van der Waals surface area contributed by atoms with Crippen molar-refractivity contribution in [2.75, 3.05) is 0 Å². The first-order chi connectivity index (χ1) is 9.70. The molecule has 0 bridgehead atoms. The van der Waals surface area contributed by atoms with Crippen LogP contribution in [-0.4, -0.2) is 26.8 Å². The van der Waals surface area contributed by atoms with Gasteiger partial charge in [0.1, 0.15) is 0 Å². The Balaban J connectivity index is 2.61. The number of halogens is 3. The smallest absolute Gasteiger partial charge is 0.418 e. The molecule has 6 nitrogen and oxygen atoms in total. The van der Waals surface area contributed by atoms with Crippen molar-refractivity contribution < 1.29 is 27.9 Å². The van der Waals surface area contributed by atoms with E-state index < -0.39 is 34.9 Å². The monoisotopic (exact) mass is 299 g/mol. The first-order valence-electron chi connectivity index (χ1n) is 5.49. The number of aromatic carboxylic acids is 1. The third-order valence-electron chi connectivity index (χ3n) is 2.66. The van der Waals surface area contributed by atoms with Crippen LogP contribution in [-0.2, 0) is 6.18 Å². The van der Waals surface area contributed by atoms with E-state index in [0.717, 1.165) is 29.2 Å². The number of hydrogen-bond donors (Lipinski definition) is 2. The average molecular weight is 299 g/mol. The maximum Gasteiger partial charge on any atom is 0.418 e. The predicted molar refractivity (Wildman–Crippen MR) is 64.0 cm³/mol. The summed E-state index contributed by atoms with van der Waals surface area (Å²) < 4.78 is 39.9. The van der Waals surface area contributed by atoms with Crippen LogP contribution in [0.15, 0.2) is 30.6 Å². The number of rotatable bonds is 3. The number of carbonyl (C=O) groups excluding carboxylic acids is 1. The highest BCUT2D eigenvalue weighted by Crippen LogP contribution is 2.34. The van der Waals surface area contributed by atoms with Crippen molar-refractivity contribution in [1.82, 2.24) is 9.78 Å². The molecule has 21 heavy (non-hydrogen) atoms. The van der Waals surface area contributed by atoms with Gasteiger partial charge in [0.15, 0.2) is 0 Å². The minimum absolute atomic E-state index is 0.0644. The Labute approximate surface area is 115 Å². The molecule has 110 valence electrons. The fourth-order valence-electron chi connectivity index (χ4n) is 1.68. The number of carboxylic acid groups (broad SMARTS) is 1. The van der Waals surface area contributed by atoms with Gasteiger partial charge in [-0.1, -0.05) is 0 Å². The van der Waals surface area contributed by atoms with Crippen LogP contribution < -0.4 is 5.73 Å². The van der Waals surface area contributed by atoms with Crippen molar-refractivity contribution >= 4 is 11.9 Å². The Bertz CT molecular complexity index is 722. The van der Waals surface area contributed by atoms with E-state index >= 15 is 0 Å². The highest BCUT2D eigenvalue weighted by Gasteiger charge is 2.35. The summed E-state index contributed by atoms with van der Waals surface area (Å²) in [6.45, 7) is 0. The Kier molecular flexibility index (Phi) is 3.42. The fraction of sp³-hybridized carbons (Fsp3) is 0.0833. The van der Waals surface area contributed by atoms with Crippen LogP contribution in [0.2, 0.25) is 0 Å². The second-order valence-electron chi connectivity index (χ2n) is 4.07. The van der Waals surface area contributed by atoms with Gasteiger partial charge in [-0.05, 0) is 18.2 Å². The molecule has 0 saturated carbocycles. The van der Waals surface area contributed by atoms with Gasteiger partial charge in [-0.2, -0.15) is 18.3 Å². The zero-order valence-electron chi connectivity index (χ0n) is 10.3. The molecule has 0 aliphatic carbocycles. The molecular formula is C12H8F3N3O3. The fourth-order valence-corrected chi connectivity index (χ4v) is 1.68. The van der Waals surface area contributed by atoms with Gasteiger partial charge >= 0.3 is 12.1 Å². The van der Waals surface area contributed by atoms with Gasteiger partial charge in [0.2, 0.25) is 0 Å². The molecule has 0 aliphatic heterocycles. The van der Waals surface area contributed by atoms with E-state index in [9.17, 15) is 22.8 Å². The molecule has 0 saturated heterocycles. The second kappa shape index (κ2) is 4.93. The number of carboxylic acids is 1. The Morgan fingerprint density at radius 2 is 1.90 bits per heavy atom. The third kappa shape index (κ3) is 2.86. The minimum Gasteiger partial charge on any atom is -0.478 e. The number of amides is 1. The number of aromatic nitrogens is 2. The van der Waals surface area contributed by atoms with E-state index in [4.69, 9.17) is 10.8 Å². The predicted octanol–water partition coefficient (Wildman–Crippen LogP) is 1.69. The number of alkyl halides is 3. The molecule has 0 fully saturated rings. The maximum absolute atomic E-state index is 13.0. The number of benzene rings is 1. The van der Waals surface area contributed by atoms with Crippen molar-refractivity contribution in [3.8, 4) is 5.69 Å². The van der Waals surface area contributed by atoms with E-state index in [1.807, 2.05) is 0 Å². The molecule has 2 aromatic rings. The zero-order chi connectivity index (χ0) is 15.8. The van der Waals surface area contributed by atoms with Gasteiger partial charge in [-0.15, -0.1) is 0 Å². The number of nitrogens with two attached hydrogens (primary N) is 1. The average Bonchev–Trinajstić information content (AvgIpc) is 2.86. The van der Waals surface area contributed by atoms with Crippen molar-refractivity contribution in [1.29, 1.82) is 0 Å². The van der Waals surface area contributed by atoms with E-state index in [0.29, 0.717) is 6.07 Å². The molecule has 0 aliphatic rings. The molecule has 1 heterocycles. The summed E-state index contributed by atoms with van der Waals surface area (Å²) in [5, 5.41) is 12.4. The van der Waals surface area contributed by atoms with Crippen LogP contribution in [0.4, 0.5) is 13.2 Å². The summed E-state index contributed by atoms with van der Waals surface area (Å²) >= 11 is 0. The molecule has 2 rings (SSSR count). The Morgan fingerprint density at radius 3 is 2.38 bits per heavy atom. The van der Waals surface area contributed by atoms with E-state index in [2.05, 4.69) is 5.10 Å².